The lowest BCUT2D eigenvalue weighted by molar-refractivity contribution is 0.537. The second kappa shape index (κ2) is 5.41. The van der Waals surface area contributed by atoms with E-state index in [0.29, 0.717) is 5.75 Å². The van der Waals surface area contributed by atoms with Crippen molar-refractivity contribution in [2.75, 3.05) is 5.75 Å². The molecule has 1 aliphatic rings. The molecular formula is C12H14Br2O2S. The molecule has 1 aromatic rings. The molecule has 1 aliphatic heterocycles. The van der Waals surface area contributed by atoms with Crippen molar-refractivity contribution in [3.05, 3.63) is 34.3 Å². The highest BCUT2D eigenvalue weighted by Gasteiger charge is 2.34. The van der Waals surface area contributed by atoms with Crippen LogP contribution in [0.5, 0.6) is 0 Å². The Morgan fingerprint density at radius 2 is 1.82 bits per heavy atom. The Bertz CT molecular complexity index is 482. The third kappa shape index (κ3) is 3.12. The lowest BCUT2D eigenvalue weighted by Crippen LogP contribution is -2.31. The van der Waals surface area contributed by atoms with Crippen molar-refractivity contribution in [2.45, 2.75) is 29.3 Å². The molecule has 0 bridgehead atoms. The maximum atomic E-state index is 12.0. The zero-order valence-electron chi connectivity index (χ0n) is 9.27. The van der Waals surface area contributed by atoms with Gasteiger partial charge in [-0.3, -0.25) is 0 Å². The van der Waals surface area contributed by atoms with Crippen LogP contribution in [0, 0.1) is 0 Å². The number of benzene rings is 1. The number of sulfone groups is 1. The minimum atomic E-state index is -2.94. The molecule has 2 atom stereocenters. The molecule has 2 rings (SSSR count). The Hall–Kier alpha value is 0.130. The number of halogens is 2. The van der Waals surface area contributed by atoms with Gasteiger partial charge in [-0.2, -0.15) is 0 Å². The van der Waals surface area contributed by atoms with Gasteiger partial charge in [-0.05, 0) is 30.5 Å². The molecule has 0 N–H and O–H groups in total. The van der Waals surface area contributed by atoms with Crippen molar-refractivity contribution < 1.29 is 8.42 Å². The quantitative estimate of drug-likeness (QED) is 0.729. The van der Waals surface area contributed by atoms with E-state index in [0.717, 1.165) is 29.3 Å². The molecule has 2 unspecified atom stereocenters. The maximum absolute atomic E-state index is 12.0. The largest absolute Gasteiger partial charge is 0.228 e. The van der Waals surface area contributed by atoms with Gasteiger partial charge in [0.05, 0.1) is 15.8 Å². The van der Waals surface area contributed by atoms with Crippen LogP contribution in [-0.2, 0) is 9.84 Å². The molecule has 1 saturated heterocycles. The van der Waals surface area contributed by atoms with Gasteiger partial charge in [0.1, 0.15) is 0 Å². The highest BCUT2D eigenvalue weighted by atomic mass is 79.9. The molecule has 0 radical (unpaired) electrons. The van der Waals surface area contributed by atoms with E-state index in [-0.39, 0.29) is 10.1 Å². The molecule has 1 aromatic carbocycles. The van der Waals surface area contributed by atoms with E-state index >= 15 is 0 Å². The van der Waals surface area contributed by atoms with Crippen molar-refractivity contribution in [1.29, 1.82) is 0 Å². The smallest absolute Gasteiger partial charge is 0.154 e. The molecule has 0 aromatic heterocycles. The number of hydrogen-bond donors (Lipinski definition) is 0. The van der Waals surface area contributed by atoms with Gasteiger partial charge in [-0.25, -0.2) is 8.42 Å². The van der Waals surface area contributed by atoms with Crippen LogP contribution in [0.25, 0.3) is 0 Å². The van der Waals surface area contributed by atoms with E-state index < -0.39 is 9.84 Å². The van der Waals surface area contributed by atoms with Gasteiger partial charge in [-0.15, -0.1) is 0 Å². The minimum absolute atomic E-state index is 0.0964. The van der Waals surface area contributed by atoms with Crippen LogP contribution in [0.2, 0.25) is 0 Å². The number of alkyl halides is 1. The van der Waals surface area contributed by atoms with Crippen molar-refractivity contribution in [3.63, 3.8) is 0 Å². The Morgan fingerprint density at radius 3 is 2.41 bits per heavy atom. The van der Waals surface area contributed by atoms with Crippen molar-refractivity contribution >= 4 is 41.7 Å². The molecule has 1 heterocycles. The molecule has 0 aliphatic carbocycles. The highest BCUT2D eigenvalue weighted by molar-refractivity contribution is 9.10. The molecule has 5 heteroatoms. The molecule has 0 spiro atoms. The summed E-state index contributed by atoms with van der Waals surface area (Å²) in [6.07, 6.45) is 2.57. The lowest BCUT2D eigenvalue weighted by atomic mass is 10.1. The molecule has 0 saturated carbocycles. The standard InChI is InChI=1S/C12H14Br2O2S/c13-10-6-4-9(5-7-10)12(14)11-3-1-2-8-17(11,15)16/h4-7,11-12H,1-3,8H2. The molecule has 17 heavy (non-hydrogen) atoms. The van der Waals surface area contributed by atoms with Crippen LogP contribution in [-0.4, -0.2) is 19.4 Å². The van der Waals surface area contributed by atoms with Gasteiger partial charge in [0, 0.05) is 4.47 Å². The topological polar surface area (TPSA) is 34.1 Å². The maximum Gasteiger partial charge on any atom is 0.154 e. The summed E-state index contributed by atoms with van der Waals surface area (Å²) >= 11 is 6.93. The zero-order chi connectivity index (χ0) is 12.5. The van der Waals surface area contributed by atoms with Crippen LogP contribution < -0.4 is 0 Å². The summed E-state index contributed by atoms with van der Waals surface area (Å²) in [7, 11) is -2.94. The highest BCUT2D eigenvalue weighted by Crippen LogP contribution is 2.36. The summed E-state index contributed by atoms with van der Waals surface area (Å²) < 4.78 is 25.1. The van der Waals surface area contributed by atoms with E-state index in [1.165, 1.54) is 0 Å². The minimum Gasteiger partial charge on any atom is -0.228 e. The predicted molar refractivity (Wildman–Crippen MR) is 77.2 cm³/mol. The van der Waals surface area contributed by atoms with Gasteiger partial charge in [-0.1, -0.05) is 50.4 Å². The molecule has 94 valence electrons. The first-order chi connectivity index (χ1) is 8.00. The predicted octanol–water partition coefficient (Wildman–Crippen LogP) is 3.85. The first-order valence-electron chi connectivity index (χ1n) is 5.62. The third-order valence-electron chi connectivity index (χ3n) is 3.14. The fourth-order valence-electron chi connectivity index (χ4n) is 2.17. The Balaban J connectivity index is 2.24. The molecule has 0 amide bonds. The Kier molecular flexibility index (Phi) is 4.31. The second-order valence-electron chi connectivity index (χ2n) is 4.35. The van der Waals surface area contributed by atoms with Crippen LogP contribution in [0.15, 0.2) is 28.7 Å². The van der Waals surface area contributed by atoms with Crippen molar-refractivity contribution in [3.8, 4) is 0 Å². The van der Waals surface area contributed by atoms with Crippen molar-refractivity contribution in [1.82, 2.24) is 0 Å². The fourth-order valence-corrected chi connectivity index (χ4v) is 5.95. The summed E-state index contributed by atoms with van der Waals surface area (Å²) in [4.78, 5) is -0.0964. The Morgan fingerprint density at radius 1 is 1.18 bits per heavy atom. The van der Waals surface area contributed by atoms with Crippen LogP contribution in [0.4, 0.5) is 0 Å². The van der Waals surface area contributed by atoms with Crippen LogP contribution in [0.3, 0.4) is 0 Å². The van der Waals surface area contributed by atoms with Gasteiger partial charge in [0.15, 0.2) is 9.84 Å². The second-order valence-corrected chi connectivity index (χ2v) is 8.60. The summed E-state index contributed by atoms with van der Waals surface area (Å²) in [5, 5.41) is -0.280. The van der Waals surface area contributed by atoms with Gasteiger partial charge in [0.25, 0.3) is 0 Å². The number of rotatable bonds is 2. The van der Waals surface area contributed by atoms with E-state index in [2.05, 4.69) is 31.9 Å². The van der Waals surface area contributed by atoms with Crippen molar-refractivity contribution in [2.24, 2.45) is 0 Å². The SMILES string of the molecule is O=S1(=O)CCCCC1C(Br)c1ccc(Br)cc1. The zero-order valence-corrected chi connectivity index (χ0v) is 13.3. The van der Waals surface area contributed by atoms with Crippen LogP contribution >= 0.6 is 31.9 Å². The van der Waals surface area contributed by atoms with Crippen LogP contribution in [0.1, 0.15) is 29.7 Å². The molecular weight excluding hydrogens is 368 g/mol. The van der Waals surface area contributed by atoms with Gasteiger partial charge < -0.3 is 0 Å². The molecule has 2 nitrogen and oxygen atoms in total. The fraction of sp³-hybridized carbons (Fsp3) is 0.500. The molecule has 1 fully saturated rings. The summed E-state index contributed by atoms with van der Waals surface area (Å²) in [6.45, 7) is 0. The summed E-state index contributed by atoms with van der Waals surface area (Å²) in [5.74, 6) is 0.330. The number of hydrogen-bond acceptors (Lipinski definition) is 2. The van der Waals surface area contributed by atoms with E-state index in [9.17, 15) is 8.42 Å². The third-order valence-corrected chi connectivity index (χ3v) is 7.48. The van der Waals surface area contributed by atoms with Gasteiger partial charge in [0.2, 0.25) is 0 Å². The first kappa shape index (κ1) is 13.6. The summed E-state index contributed by atoms with van der Waals surface area (Å²) in [5.41, 5.74) is 1.03. The average Bonchev–Trinajstić information content (AvgIpc) is 2.28. The van der Waals surface area contributed by atoms with Gasteiger partial charge >= 0.3 is 0 Å². The lowest BCUT2D eigenvalue weighted by Gasteiger charge is -2.26. The monoisotopic (exact) mass is 380 g/mol. The Labute approximate surface area is 119 Å². The summed E-state index contributed by atoms with van der Waals surface area (Å²) in [6, 6.07) is 7.82. The average molecular weight is 382 g/mol. The van der Waals surface area contributed by atoms with E-state index in [4.69, 9.17) is 0 Å². The van der Waals surface area contributed by atoms with E-state index in [1.54, 1.807) is 0 Å². The van der Waals surface area contributed by atoms with E-state index in [1.807, 2.05) is 24.3 Å². The first-order valence-corrected chi connectivity index (χ1v) is 9.04. The normalized spacial score (nSPS) is 25.4.